The number of thioether (sulfide) groups is 1. The van der Waals surface area contributed by atoms with Crippen molar-refractivity contribution in [3.05, 3.63) is 51.0 Å². The largest absolute Gasteiger partial charge is 0.378 e. The van der Waals surface area contributed by atoms with Gasteiger partial charge in [-0.25, -0.2) is 0 Å². The Morgan fingerprint density at radius 2 is 2.15 bits per heavy atom. The van der Waals surface area contributed by atoms with E-state index in [2.05, 4.69) is 15.2 Å². The van der Waals surface area contributed by atoms with Gasteiger partial charge in [-0.05, 0) is 17.8 Å². The highest BCUT2D eigenvalue weighted by molar-refractivity contribution is 8.18. The van der Waals surface area contributed by atoms with Crippen molar-refractivity contribution >= 4 is 34.6 Å². The lowest BCUT2D eigenvalue weighted by atomic mass is 10.1. The summed E-state index contributed by atoms with van der Waals surface area (Å²) in [5.41, 5.74) is 1.90. The van der Waals surface area contributed by atoms with Crippen LogP contribution >= 0.6 is 11.8 Å². The third-order valence-corrected chi connectivity index (χ3v) is 5.24. The molecule has 4 rings (SSSR count). The number of amides is 1. The number of hydrogen-bond donors (Lipinski definition) is 1. The molecule has 0 radical (unpaired) electrons. The monoisotopic (exact) mass is 385 g/mol. The minimum absolute atomic E-state index is 0.00930. The molecule has 1 fully saturated rings. The summed E-state index contributed by atoms with van der Waals surface area (Å²) >= 11 is 1.32. The first kappa shape index (κ1) is 17.4. The summed E-state index contributed by atoms with van der Waals surface area (Å²) in [4.78, 5) is 29.5. The van der Waals surface area contributed by atoms with Crippen LogP contribution in [0.2, 0.25) is 0 Å². The van der Waals surface area contributed by atoms with Crippen LogP contribution < -0.4 is 0 Å². The van der Waals surface area contributed by atoms with Gasteiger partial charge in [0.1, 0.15) is 0 Å². The molecule has 2 aliphatic rings. The number of aromatic nitrogens is 2. The molecule has 0 bridgehead atoms. The first-order chi connectivity index (χ1) is 13.1. The van der Waals surface area contributed by atoms with Crippen LogP contribution in [0.4, 0.5) is 5.69 Å². The van der Waals surface area contributed by atoms with Gasteiger partial charge in [0.15, 0.2) is 5.17 Å². The molecule has 1 aromatic carbocycles. The van der Waals surface area contributed by atoms with Gasteiger partial charge in [0.25, 0.3) is 11.6 Å². The number of nitro benzene ring substituents is 1. The number of H-pyrrole nitrogens is 1. The fourth-order valence-electron chi connectivity index (χ4n) is 2.84. The van der Waals surface area contributed by atoms with Crippen molar-refractivity contribution in [1.29, 1.82) is 0 Å². The van der Waals surface area contributed by atoms with Crippen molar-refractivity contribution in [1.82, 2.24) is 15.1 Å². The van der Waals surface area contributed by atoms with Gasteiger partial charge in [0, 0.05) is 36.3 Å². The van der Waals surface area contributed by atoms with Crippen LogP contribution in [0.25, 0.3) is 17.3 Å². The van der Waals surface area contributed by atoms with Crippen LogP contribution in [0.1, 0.15) is 5.56 Å². The Morgan fingerprint density at radius 3 is 2.93 bits per heavy atom. The molecule has 0 aliphatic carbocycles. The minimum atomic E-state index is -0.448. The standard InChI is InChI=1S/C17H15N5O4S/c23-16-14(27-17(19-16)21-4-6-26-7-5-21)9-12-10-18-20-15(12)11-2-1-3-13(8-11)22(24)25/h1-3,8-10H,4-7H2,(H,18,20)/b14-9+. The highest BCUT2D eigenvalue weighted by Gasteiger charge is 2.27. The number of carbonyl (C=O) groups excluding carboxylic acids is 1. The zero-order valence-corrected chi connectivity index (χ0v) is 14.9. The number of morpholine rings is 1. The maximum atomic E-state index is 12.3. The average Bonchev–Trinajstić information content (AvgIpc) is 3.30. The van der Waals surface area contributed by atoms with E-state index < -0.39 is 4.92 Å². The lowest BCUT2D eigenvalue weighted by Gasteiger charge is -2.27. The molecular weight excluding hydrogens is 370 g/mol. The normalized spacial score (nSPS) is 18.8. The first-order valence-corrected chi connectivity index (χ1v) is 9.07. The Bertz CT molecular complexity index is 962. The summed E-state index contributed by atoms with van der Waals surface area (Å²) in [6, 6.07) is 6.26. The first-order valence-electron chi connectivity index (χ1n) is 8.25. The van der Waals surface area contributed by atoms with Gasteiger partial charge in [0.05, 0.1) is 34.9 Å². The number of rotatable bonds is 3. The molecule has 1 N–H and O–H groups in total. The van der Waals surface area contributed by atoms with Crippen molar-refractivity contribution in [3.63, 3.8) is 0 Å². The average molecular weight is 385 g/mol. The molecule has 2 aliphatic heterocycles. The van der Waals surface area contributed by atoms with Crippen LogP contribution in [0, 0.1) is 10.1 Å². The second-order valence-electron chi connectivity index (χ2n) is 5.92. The molecule has 1 amide bonds. The van der Waals surface area contributed by atoms with Crippen molar-refractivity contribution in [2.75, 3.05) is 26.3 Å². The molecule has 0 spiro atoms. The summed E-state index contributed by atoms with van der Waals surface area (Å²) in [6.07, 6.45) is 3.29. The second-order valence-corrected chi connectivity index (χ2v) is 6.93. The number of nitrogens with zero attached hydrogens (tertiary/aromatic N) is 4. The van der Waals surface area contributed by atoms with E-state index in [0.717, 1.165) is 0 Å². The number of benzene rings is 1. The number of aliphatic imine (C=N–C) groups is 1. The Labute approximate surface area is 158 Å². The number of aromatic amines is 1. The molecule has 2 aromatic rings. The maximum absolute atomic E-state index is 12.3. The SMILES string of the molecule is O=C1N=C(N2CCOCC2)S/C1=C/c1cn[nH]c1-c1cccc([N+](=O)[O-])c1. The highest BCUT2D eigenvalue weighted by atomic mass is 32.2. The van der Waals surface area contributed by atoms with Gasteiger partial charge in [-0.15, -0.1) is 0 Å². The lowest BCUT2D eigenvalue weighted by Crippen LogP contribution is -2.38. The van der Waals surface area contributed by atoms with E-state index in [-0.39, 0.29) is 11.6 Å². The molecule has 10 heteroatoms. The Balaban J connectivity index is 1.59. The molecule has 0 atom stereocenters. The van der Waals surface area contributed by atoms with E-state index >= 15 is 0 Å². The van der Waals surface area contributed by atoms with E-state index in [1.165, 1.54) is 23.9 Å². The van der Waals surface area contributed by atoms with Crippen molar-refractivity contribution in [2.45, 2.75) is 0 Å². The van der Waals surface area contributed by atoms with Gasteiger partial charge in [-0.1, -0.05) is 12.1 Å². The third kappa shape index (κ3) is 3.62. The van der Waals surface area contributed by atoms with Crippen LogP contribution in [0.5, 0.6) is 0 Å². The summed E-state index contributed by atoms with van der Waals surface area (Å²) in [5, 5.41) is 18.6. The van der Waals surface area contributed by atoms with Crippen LogP contribution in [-0.4, -0.2) is 57.4 Å². The van der Waals surface area contributed by atoms with Crippen LogP contribution in [0.3, 0.4) is 0 Å². The van der Waals surface area contributed by atoms with E-state index in [9.17, 15) is 14.9 Å². The topological polar surface area (TPSA) is 114 Å². The van der Waals surface area contributed by atoms with Crippen molar-refractivity contribution < 1.29 is 14.5 Å². The van der Waals surface area contributed by atoms with E-state index in [4.69, 9.17) is 4.74 Å². The number of non-ortho nitro benzene ring substituents is 1. The molecule has 138 valence electrons. The molecule has 1 aromatic heterocycles. The molecule has 3 heterocycles. The van der Waals surface area contributed by atoms with Gasteiger partial charge in [-0.2, -0.15) is 10.1 Å². The number of amidine groups is 1. The number of carbonyl (C=O) groups is 1. The van der Waals surface area contributed by atoms with Gasteiger partial charge in [-0.3, -0.25) is 20.0 Å². The number of ether oxygens (including phenoxy) is 1. The zero-order chi connectivity index (χ0) is 18.8. The van der Waals surface area contributed by atoms with E-state index in [1.807, 2.05) is 4.90 Å². The predicted molar refractivity (Wildman–Crippen MR) is 101 cm³/mol. The quantitative estimate of drug-likeness (QED) is 0.490. The lowest BCUT2D eigenvalue weighted by molar-refractivity contribution is -0.384. The minimum Gasteiger partial charge on any atom is -0.378 e. The summed E-state index contributed by atoms with van der Waals surface area (Å²) in [5.74, 6) is -0.298. The van der Waals surface area contributed by atoms with Crippen LogP contribution in [-0.2, 0) is 9.53 Å². The molecule has 0 unspecified atom stereocenters. The van der Waals surface area contributed by atoms with Gasteiger partial charge >= 0.3 is 0 Å². The Hall–Kier alpha value is -2.98. The molecular formula is C17H15N5O4S. The van der Waals surface area contributed by atoms with Crippen molar-refractivity contribution in [3.8, 4) is 11.3 Å². The molecule has 27 heavy (non-hydrogen) atoms. The molecule has 9 nitrogen and oxygen atoms in total. The highest BCUT2D eigenvalue weighted by Crippen LogP contribution is 2.33. The molecule has 0 saturated carbocycles. The Morgan fingerprint density at radius 1 is 1.33 bits per heavy atom. The maximum Gasteiger partial charge on any atom is 0.286 e. The van der Waals surface area contributed by atoms with E-state index in [0.29, 0.717) is 53.2 Å². The fraction of sp³-hybridized carbons (Fsp3) is 0.235. The van der Waals surface area contributed by atoms with Gasteiger partial charge < -0.3 is 9.64 Å². The smallest absolute Gasteiger partial charge is 0.286 e. The zero-order valence-electron chi connectivity index (χ0n) is 14.1. The summed E-state index contributed by atoms with van der Waals surface area (Å²) in [7, 11) is 0. The fourth-order valence-corrected chi connectivity index (χ4v) is 3.80. The summed E-state index contributed by atoms with van der Waals surface area (Å²) in [6.45, 7) is 2.64. The third-order valence-electron chi connectivity index (χ3n) is 4.19. The van der Waals surface area contributed by atoms with Crippen LogP contribution in [0.15, 0.2) is 40.4 Å². The number of nitro groups is 1. The predicted octanol–water partition coefficient (Wildman–Crippen LogP) is 2.29. The van der Waals surface area contributed by atoms with Gasteiger partial charge in [0.2, 0.25) is 0 Å². The second kappa shape index (κ2) is 7.33. The number of hydrogen-bond acceptors (Lipinski definition) is 7. The summed E-state index contributed by atoms with van der Waals surface area (Å²) < 4.78 is 5.32. The van der Waals surface area contributed by atoms with Crippen molar-refractivity contribution in [2.24, 2.45) is 4.99 Å². The van der Waals surface area contributed by atoms with E-state index in [1.54, 1.807) is 24.4 Å². The number of nitrogens with one attached hydrogen (secondary N) is 1. The Kier molecular flexibility index (Phi) is 4.73. The molecule has 1 saturated heterocycles.